The Bertz CT molecular complexity index is 551. The Hall–Kier alpha value is -1.03. The van der Waals surface area contributed by atoms with Crippen LogP contribution in [0.25, 0.3) is 11.1 Å². The molecule has 1 saturated carbocycles. The molecule has 2 aromatic carbocycles. The number of nitrogens with two attached hydrogens (primary N) is 1. The molecule has 0 spiro atoms. The highest BCUT2D eigenvalue weighted by atomic mass is 127. The van der Waals surface area contributed by atoms with Crippen molar-refractivity contribution in [3.05, 3.63) is 54.1 Å². The van der Waals surface area contributed by atoms with Crippen LogP contribution >= 0.6 is 22.6 Å². The number of halogens is 1. The summed E-state index contributed by atoms with van der Waals surface area (Å²) in [7, 11) is 0. The molecule has 0 amide bonds. The minimum atomic E-state index is 0.765. The van der Waals surface area contributed by atoms with Crippen LogP contribution in [0, 0.1) is 0 Å². The molecule has 0 atom stereocenters. The standard InChI is InChI=1S/C18H20IN/c19-17-9-5-15(6-10-17)13-1-3-14(4-2-13)16-7-11-18(20)12-8-16/h1-4,7-8,11-12,15,17H,5-6,9-10,20H2. The van der Waals surface area contributed by atoms with Gasteiger partial charge >= 0.3 is 0 Å². The molecule has 0 aromatic heterocycles. The Balaban J connectivity index is 1.76. The number of alkyl halides is 1. The Morgan fingerprint density at radius 3 is 1.80 bits per heavy atom. The van der Waals surface area contributed by atoms with E-state index in [0.29, 0.717) is 0 Å². The van der Waals surface area contributed by atoms with E-state index in [4.69, 9.17) is 5.73 Å². The predicted octanol–water partition coefficient (Wildman–Crippen LogP) is 5.40. The van der Waals surface area contributed by atoms with Gasteiger partial charge in [0, 0.05) is 9.61 Å². The van der Waals surface area contributed by atoms with Gasteiger partial charge in [-0.2, -0.15) is 0 Å². The fourth-order valence-electron chi connectivity index (χ4n) is 3.01. The summed E-state index contributed by atoms with van der Waals surface area (Å²) in [5.41, 5.74) is 10.6. The molecule has 0 aliphatic heterocycles. The van der Waals surface area contributed by atoms with Crippen molar-refractivity contribution >= 4 is 28.3 Å². The lowest BCUT2D eigenvalue weighted by molar-refractivity contribution is 0.462. The van der Waals surface area contributed by atoms with Crippen molar-refractivity contribution in [3.63, 3.8) is 0 Å². The molecule has 2 N–H and O–H groups in total. The second-order valence-electron chi connectivity index (χ2n) is 5.69. The lowest BCUT2D eigenvalue weighted by Gasteiger charge is -2.25. The number of hydrogen-bond donors (Lipinski definition) is 1. The molecule has 2 aromatic rings. The normalized spacial score (nSPS) is 22.6. The van der Waals surface area contributed by atoms with Gasteiger partial charge < -0.3 is 5.73 Å². The highest BCUT2D eigenvalue weighted by Crippen LogP contribution is 2.36. The lowest BCUT2D eigenvalue weighted by atomic mass is 9.83. The molecule has 2 heteroatoms. The first kappa shape index (κ1) is 13.9. The first-order valence-electron chi connectivity index (χ1n) is 7.32. The van der Waals surface area contributed by atoms with Crippen molar-refractivity contribution in [2.75, 3.05) is 5.73 Å². The third-order valence-electron chi connectivity index (χ3n) is 4.28. The molecule has 0 saturated heterocycles. The molecule has 3 rings (SSSR count). The van der Waals surface area contributed by atoms with E-state index in [0.717, 1.165) is 15.5 Å². The van der Waals surface area contributed by atoms with Gasteiger partial charge in [-0.05, 0) is 60.4 Å². The molecule has 20 heavy (non-hydrogen) atoms. The van der Waals surface area contributed by atoms with E-state index in [1.807, 2.05) is 12.1 Å². The van der Waals surface area contributed by atoms with Crippen molar-refractivity contribution in [1.29, 1.82) is 0 Å². The minimum Gasteiger partial charge on any atom is -0.399 e. The zero-order chi connectivity index (χ0) is 13.9. The smallest absolute Gasteiger partial charge is 0.0314 e. The second kappa shape index (κ2) is 6.17. The van der Waals surface area contributed by atoms with Gasteiger partial charge in [0.15, 0.2) is 0 Å². The third kappa shape index (κ3) is 3.17. The average molecular weight is 377 g/mol. The lowest BCUT2D eigenvalue weighted by Crippen LogP contribution is -2.12. The molecule has 104 valence electrons. The molecule has 0 heterocycles. The number of hydrogen-bond acceptors (Lipinski definition) is 1. The molecule has 1 aliphatic carbocycles. The summed E-state index contributed by atoms with van der Waals surface area (Å²) in [6.45, 7) is 0. The van der Waals surface area contributed by atoms with E-state index >= 15 is 0 Å². The van der Waals surface area contributed by atoms with Crippen LogP contribution in [0.4, 0.5) is 5.69 Å². The van der Waals surface area contributed by atoms with E-state index in [2.05, 4.69) is 59.0 Å². The van der Waals surface area contributed by atoms with Gasteiger partial charge in [0.1, 0.15) is 0 Å². The van der Waals surface area contributed by atoms with E-state index in [-0.39, 0.29) is 0 Å². The minimum absolute atomic E-state index is 0.765. The molecule has 1 nitrogen and oxygen atoms in total. The number of anilines is 1. The van der Waals surface area contributed by atoms with Crippen molar-refractivity contribution < 1.29 is 0 Å². The third-order valence-corrected chi connectivity index (χ3v) is 5.53. The summed E-state index contributed by atoms with van der Waals surface area (Å²) in [5.74, 6) is 0.765. The SMILES string of the molecule is Nc1ccc(-c2ccc(C3CCC(I)CC3)cc2)cc1. The van der Waals surface area contributed by atoms with Gasteiger partial charge in [0.2, 0.25) is 0 Å². The van der Waals surface area contributed by atoms with Crippen molar-refractivity contribution in [3.8, 4) is 11.1 Å². The fraction of sp³-hybridized carbons (Fsp3) is 0.333. The topological polar surface area (TPSA) is 26.0 Å². The monoisotopic (exact) mass is 377 g/mol. The van der Waals surface area contributed by atoms with Crippen LogP contribution in [0.5, 0.6) is 0 Å². The summed E-state index contributed by atoms with van der Waals surface area (Å²) in [6.07, 6.45) is 5.42. The average Bonchev–Trinajstić information content (AvgIpc) is 2.49. The quantitative estimate of drug-likeness (QED) is 0.424. The van der Waals surface area contributed by atoms with Crippen LogP contribution in [0.3, 0.4) is 0 Å². The van der Waals surface area contributed by atoms with E-state index in [9.17, 15) is 0 Å². The largest absolute Gasteiger partial charge is 0.399 e. The summed E-state index contributed by atoms with van der Waals surface area (Å²) in [4.78, 5) is 0. The fourth-order valence-corrected chi connectivity index (χ4v) is 3.73. The van der Waals surface area contributed by atoms with Crippen LogP contribution in [0.2, 0.25) is 0 Å². The van der Waals surface area contributed by atoms with Gasteiger partial charge in [0.05, 0.1) is 0 Å². The Kier molecular flexibility index (Phi) is 4.29. The van der Waals surface area contributed by atoms with Crippen LogP contribution in [-0.2, 0) is 0 Å². The maximum Gasteiger partial charge on any atom is 0.0314 e. The van der Waals surface area contributed by atoms with Crippen LogP contribution in [-0.4, -0.2) is 3.92 Å². The second-order valence-corrected chi connectivity index (χ2v) is 7.45. The Morgan fingerprint density at radius 2 is 1.25 bits per heavy atom. The van der Waals surface area contributed by atoms with E-state index in [1.54, 1.807) is 0 Å². The van der Waals surface area contributed by atoms with E-state index in [1.165, 1.54) is 42.4 Å². The zero-order valence-corrected chi connectivity index (χ0v) is 13.7. The van der Waals surface area contributed by atoms with E-state index < -0.39 is 0 Å². The first-order chi connectivity index (χ1) is 9.72. The van der Waals surface area contributed by atoms with Crippen molar-refractivity contribution in [1.82, 2.24) is 0 Å². The molecular weight excluding hydrogens is 357 g/mol. The van der Waals surface area contributed by atoms with Crippen LogP contribution in [0.1, 0.15) is 37.2 Å². The molecule has 0 radical (unpaired) electrons. The van der Waals surface area contributed by atoms with Gasteiger partial charge in [-0.3, -0.25) is 0 Å². The van der Waals surface area contributed by atoms with Crippen LogP contribution < -0.4 is 5.73 Å². The Labute approximate surface area is 134 Å². The van der Waals surface area contributed by atoms with Crippen molar-refractivity contribution in [2.24, 2.45) is 0 Å². The van der Waals surface area contributed by atoms with Crippen LogP contribution in [0.15, 0.2) is 48.5 Å². The molecule has 1 fully saturated rings. The highest BCUT2D eigenvalue weighted by molar-refractivity contribution is 14.1. The van der Waals surface area contributed by atoms with Gasteiger partial charge in [-0.25, -0.2) is 0 Å². The molecule has 0 unspecified atom stereocenters. The summed E-state index contributed by atoms with van der Waals surface area (Å²) >= 11 is 2.59. The number of benzene rings is 2. The highest BCUT2D eigenvalue weighted by Gasteiger charge is 2.20. The zero-order valence-electron chi connectivity index (χ0n) is 11.6. The molecule has 1 aliphatic rings. The van der Waals surface area contributed by atoms with Gasteiger partial charge in [0.25, 0.3) is 0 Å². The van der Waals surface area contributed by atoms with Gasteiger partial charge in [-0.15, -0.1) is 0 Å². The molecular formula is C18H20IN. The Morgan fingerprint density at radius 1 is 0.750 bits per heavy atom. The first-order valence-corrected chi connectivity index (χ1v) is 8.57. The number of rotatable bonds is 2. The molecule has 0 bridgehead atoms. The predicted molar refractivity (Wildman–Crippen MR) is 95.3 cm³/mol. The maximum atomic E-state index is 5.74. The summed E-state index contributed by atoms with van der Waals surface area (Å²) in [5, 5.41) is 0. The van der Waals surface area contributed by atoms with Gasteiger partial charge in [-0.1, -0.05) is 59.0 Å². The number of nitrogen functional groups attached to an aromatic ring is 1. The summed E-state index contributed by atoms with van der Waals surface area (Å²) in [6, 6.07) is 17.2. The maximum absolute atomic E-state index is 5.74. The van der Waals surface area contributed by atoms with Crippen molar-refractivity contribution in [2.45, 2.75) is 35.5 Å². The summed E-state index contributed by atoms with van der Waals surface area (Å²) < 4.78 is 0.887.